The fourth-order valence-electron chi connectivity index (χ4n) is 1.73. The molecule has 13 heavy (non-hydrogen) atoms. The highest BCUT2D eigenvalue weighted by atomic mass is 16.2. The maximum absolute atomic E-state index is 11.0. The number of carbonyl (C=O) groups is 1. The summed E-state index contributed by atoms with van der Waals surface area (Å²) in [7, 11) is 0. The van der Waals surface area contributed by atoms with Crippen molar-refractivity contribution in [1.82, 2.24) is 10.3 Å². The lowest BCUT2D eigenvalue weighted by Gasteiger charge is -2.18. The first kappa shape index (κ1) is 10.5. The number of hydrogen-bond donors (Lipinski definition) is 2. The third-order valence-electron chi connectivity index (χ3n) is 2.64. The van der Waals surface area contributed by atoms with Gasteiger partial charge in [0.2, 0.25) is 5.91 Å². The van der Waals surface area contributed by atoms with Crippen LogP contribution in [0.1, 0.15) is 26.2 Å². The molecule has 0 spiro atoms. The Morgan fingerprint density at radius 2 is 2.31 bits per heavy atom. The molecule has 0 aromatic carbocycles. The summed E-state index contributed by atoms with van der Waals surface area (Å²) < 4.78 is 0. The Morgan fingerprint density at radius 3 is 3.00 bits per heavy atom. The van der Waals surface area contributed by atoms with Gasteiger partial charge < -0.3 is 0 Å². The second-order valence-corrected chi connectivity index (χ2v) is 3.88. The maximum atomic E-state index is 11.0. The van der Waals surface area contributed by atoms with Crippen molar-refractivity contribution < 1.29 is 4.79 Å². The number of hydrazine groups is 1. The molecule has 1 fully saturated rings. The Bertz CT molecular complexity index is 172. The fraction of sp³-hybridized carbons (Fsp3) is 0.889. The molecule has 4 nitrogen and oxygen atoms in total. The molecule has 1 heterocycles. The fourth-order valence-corrected chi connectivity index (χ4v) is 1.73. The van der Waals surface area contributed by atoms with Gasteiger partial charge in [0.15, 0.2) is 0 Å². The molecule has 1 unspecified atom stereocenters. The molecule has 3 N–H and O–H groups in total. The summed E-state index contributed by atoms with van der Waals surface area (Å²) in [4.78, 5) is 13.2. The highest BCUT2D eigenvalue weighted by molar-refractivity contribution is 5.77. The van der Waals surface area contributed by atoms with Gasteiger partial charge in [-0.05, 0) is 38.3 Å². The summed E-state index contributed by atoms with van der Waals surface area (Å²) in [5, 5.41) is 0. The summed E-state index contributed by atoms with van der Waals surface area (Å²) >= 11 is 0. The Morgan fingerprint density at radius 1 is 1.54 bits per heavy atom. The zero-order valence-corrected chi connectivity index (χ0v) is 8.25. The largest absolute Gasteiger partial charge is 0.294 e. The molecule has 0 aromatic heterocycles. The Kier molecular flexibility index (Phi) is 4.18. The van der Waals surface area contributed by atoms with Gasteiger partial charge in [0.25, 0.3) is 0 Å². The van der Waals surface area contributed by atoms with Crippen molar-refractivity contribution in [2.24, 2.45) is 11.8 Å². The van der Waals surface area contributed by atoms with Crippen LogP contribution in [0.4, 0.5) is 0 Å². The summed E-state index contributed by atoms with van der Waals surface area (Å²) in [6, 6.07) is 0. The molecule has 0 aromatic rings. The van der Waals surface area contributed by atoms with Crippen LogP contribution >= 0.6 is 0 Å². The first-order chi connectivity index (χ1) is 6.22. The minimum absolute atomic E-state index is 0.0884. The van der Waals surface area contributed by atoms with Gasteiger partial charge in [-0.15, -0.1) is 0 Å². The lowest BCUT2D eigenvalue weighted by Crippen LogP contribution is -2.40. The number of amides is 1. The zero-order chi connectivity index (χ0) is 9.68. The number of carbonyl (C=O) groups excluding carboxylic acids is 1. The van der Waals surface area contributed by atoms with E-state index < -0.39 is 0 Å². The van der Waals surface area contributed by atoms with Gasteiger partial charge in [-0.3, -0.25) is 15.1 Å². The van der Waals surface area contributed by atoms with E-state index >= 15 is 0 Å². The van der Waals surface area contributed by atoms with Gasteiger partial charge in [0.1, 0.15) is 0 Å². The van der Waals surface area contributed by atoms with Crippen LogP contribution in [0.2, 0.25) is 0 Å². The van der Waals surface area contributed by atoms with Crippen molar-refractivity contribution in [3.8, 4) is 0 Å². The van der Waals surface area contributed by atoms with Crippen LogP contribution in [0.5, 0.6) is 0 Å². The number of nitrogens with two attached hydrogens (primary N) is 1. The number of likely N-dealkylation sites (tertiary alicyclic amines) is 1. The third-order valence-corrected chi connectivity index (χ3v) is 2.64. The van der Waals surface area contributed by atoms with Crippen molar-refractivity contribution in [2.75, 3.05) is 19.6 Å². The maximum Gasteiger partial charge on any atom is 0.248 e. The molecule has 1 aliphatic rings. The van der Waals surface area contributed by atoms with Gasteiger partial charge in [0, 0.05) is 0 Å². The second-order valence-electron chi connectivity index (χ2n) is 3.88. The Hall–Kier alpha value is -0.610. The first-order valence-corrected chi connectivity index (χ1v) is 4.94. The molecule has 0 bridgehead atoms. The standard InChI is InChI=1S/C9H19N3O/c1-8-3-2-5-12(6-4-8)7-9(13)11-10/h8H,2-7,10H2,1H3,(H,11,13). The highest BCUT2D eigenvalue weighted by Gasteiger charge is 2.15. The predicted octanol–water partition coefficient (Wildman–Crippen LogP) is 0.0983. The molecule has 76 valence electrons. The molecule has 1 aliphatic heterocycles. The van der Waals surface area contributed by atoms with Crippen LogP contribution in [0, 0.1) is 5.92 Å². The van der Waals surface area contributed by atoms with E-state index in [1.54, 1.807) is 0 Å². The Balaban J connectivity index is 2.29. The van der Waals surface area contributed by atoms with E-state index in [1.165, 1.54) is 19.3 Å². The van der Waals surface area contributed by atoms with Crippen LogP contribution in [-0.2, 0) is 4.79 Å². The lowest BCUT2D eigenvalue weighted by atomic mass is 10.0. The molecule has 0 saturated carbocycles. The van der Waals surface area contributed by atoms with Gasteiger partial charge in [-0.25, -0.2) is 5.84 Å². The van der Waals surface area contributed by atoms with E-state index in [4.69, 9.17) is 5.84 Å². The molecule has 1 rings (SSSR count). The third kappa shape index (κ3) is 3.74. The minimum Gasteiger partial charge on any atom is -0.294 e. The summed E-state index contributed by atoms with van der Waals surface area (Å²) in [6.45, 7) is 4.77. The molecule has 0 aliphatic carbocycles. The van der Waals surface area contributed by atoms with Crippen LogP contribution in [-0.4, -0.2) is 30.4 Å². The van der Waals surface area contributed by atoms with E-state index in [9.17, 15) is 4.79 Å². The van der Waals surface area contributed by atoms with Crippen molar-refractivity contribution in [3.05, 3.63) is 0 Å². The van der Waals surface area contributed by atoms with Crippen molar-refractivity contribution >= 4 is 5.91 Å². The zero-order valence-electron chi connectivity index (χ0n) is 8.25. The minimum atomic E-state index is -0.0884. The van der Waals surface area contributed by atoms with E-state index in [2.05, 4.69) is 17.2 Å². The van der Waals surface area contributed by atoms with Crippen molar-refractivity contribution in [2.45, 2.75) is 26.2 Å². The SMILES string of the molecule is CC1CCCN(CC(=O)NN)CC1. The van der Waals surface area contributed by atoms with E-state index in [1.807, 2.05) is 0 Å². The first-order valence-electron chi connectivity index (χ1n) is 4.94. The van der Waals surface area contributed by atoms with Crippen LogP contribution < -0.4 is 11.3 Å². The van der Waals surface area contributed by atoms with Gasteiger partial charge in [-0.1, -0.05) is 6.92 Å². The normalized spacial score (nSPS) is 25.2. The van der Waals surface area contributed by atoms with Crippen molar-refractivity contribution in [1.29, 1.82) is 0 Å². The monoisotopic (exact) mass is 185 g/mol. The van der Waals surface area contributed by atoms with Crippen LogP contribution in [0.25, 0.3) is 0 Å². The Labute approximate surface area is 79.4 Å². The molecule has 1 amide bonds. The molecule has 4 heteroatoms. The quantitative estimate of drug-likeness (QED) is 0.364. The average Bonchev–Trinajstić information content (AvgIpc) is 2.31. The number of hydrogen-bond acceptors (Lipinski definition) is 3. The van der Waals surface area contributed by atoms with Crippen LogP contribution in [0.3, 0.4) is 0 Å². The van der Waals surface area contributed by atoms with Gasteiger partial charge in [-0.2, -0.15) is 0 Å². The van der Waals surface area contributed by atoms with Crippen molar-refractivity contribution in [3.63, 3.8) is 0 Å². The smallest absolute Gasteiger partial charge is 0.248 e. The lowest BCUT2D eigenvalue weighted by molar-refractivity contribution is -0.122. The summed E-state index contributed by atoms with van der Waals surface area (Å²) in [5.74, 6) is 5.74. The molecular weight excluding hydrogens is 166 g/mol. The summed E-state index contributed by atoms with van der Waals surface area (Å²) in [6.07, 6.45) is 3.66. The van der Waals surface area contributed by atoms with E-state index in [0.717, 1.165) is 19.0 Å². The second kappa shape index (κ2) is 5.19. The number of nitrogens with one attached hydrogen (secondary N) is 1. The number of nitrogens with zero attached hydrogens (tertiary/aromatic N) is 1. The molecule has 0 radical (unpaired) electrons. The van der Waals surface area contributed by atoms with E-state index in [-0.39, 0.29) is 5.91 Å². The summed E-state index contributed by atoms with van der Waals surface area (Å²) in [5.41, 5.74) is 2.16. The topological polar surface area (TPSA) is 58.4 Å². The van der Waals surface area contributed by atoms with Crippen LogP contribution in [0.15, 0.2) is 0 Å². The number of rotatable bonds is 2. The molecule has 1 saturated heterocycles. The molecular formula is C9H19N3O. The average molecular weight is 185 g/mol. The predicted molar refractivity (Wildman–Crippen MR) is 51.8 cm³/mol. The molecule has 1 atom stereocenters. The van der Waals surface area contributed by atoms with Gasteiger partial charge in [0.05, 0.1) is 6.54 Å². The van der Waals surface area contributed by atoms with Gasteiger partial charge >= 0.3 is 0 Å². The highest BCUT2D eigenvalue weighted by Crippen LogP contribution is 2.15. The van der Waals surface area contributed by atoms with E-state index in [0.29, 0.717) is 6.54 Å².